The van der Waals surface area contributed by atoms with Crippen molar-refractivity contribution in [2.24, 2.45) is 0 Å². The number of fused-ring (bicyclic) bond motifs is 5. The molecular formula is C16H15F3N6O2. The molecule has 0 amide bonds. The van der Waals surface area contributed by atoms with Gasteiger partial charge >= 0.3 is 6.29 Å². The lowest BCUT2D eigenvalue weighted by Gasteiger charge is -2.12. The van der Waals surface area contributed by atoms with E-state index in [2.05, 4.69) is 24.5 Å². The maximum absolute atomic E-state index is 13.4. The number of halogens is 3. The first-order chi connectivity index (χ1) is 12.9. The Morgan fingerprint density at radius 2 is 2.11 bits per heavy atom. The van der Waals surface area contributed by atoms with Gasteiger partial charge in [-0.15, -0.1) is 13.9 Å². The molecule has 0 saturated carbocycles. The molecule has 0 unspecified atom stereocenters. The first-order valence-electron chi connectivity index (χ1n) is 8.50. The molecule has 4 heterocycles. The molecule has 5 rings (SSSR count). The molecule has 2 aliphatic rings. The van der Waals surface area contributed by atoms with Crippen molar-refractivity contribution in [1.29, 1.82) is 0 Å². The SMILES string of the molecule is Nc1nc2c3c(ccc2c2nc(CCN4CC[C@@H](F)C4)nn12)OC(F)(F)O3. The minimum atomic E-state index is -3.75. The number of nitrogen functional groups attached to an aromatic ring is 1. The lowest BCUT2D eigenvalue weighted by atomic mass is 10.2. The van der Waals surface area contributed by atoms with Crippen LogP contribution in [0.1, 0.15) is 12.2 Å². The van der Waals surface area contributed by atoms with Gasteiger partial charge in [-0.05, 0) is 18.6 Å². The molecule has 2 aromatic heterocycles. The van der Waals surface area contributed by atoms with E-state index < -0.39 is 12.5 Å². The number of aromatic nitrogens is 4. The van der Waals surface area contributed by atoms with Gasteiger partial charge in [0.15, 0.2) is 23.0 Å². The van der Waals surface area contributed by atoms with E-state index in [4.69, 9.17) is 5.73 Å². The summed E-state index contributed by atoms with van der Waals surface area (Å²) in [5.41, 5.74) is 6.46. The zero-order valence-electron chi connectivity index (χ0n) is 14.0. The predicted molar refractivity (Wildman–Crippen MR) is 88.6 cm³/mol. The number of nitrogens with two attached hydrogens (primary N) is 1. The van der Waals surface area contributed by atoms with Crippen LogP contribution in [-0.4, -0.2) is 56.6 Å². The Kier molecular flexibility index (Phi) is 3.39. The zero-order chi connectivity index (χ0) is 18.8. The van der Waals surface area contributed by atoms with Crippen molar-refractivity contribution in [3.8, 4) is 11.5 Å². The molecule has 3 aromatic rings. The van der Waals surface area contributed by atoms with E-state index in [9.17, 15) is 13.2 Å². The molecule has 2 N–H and O–H groups in total. The lowest BCUT2D eigenvalue weighted by molar-refractivity contribution is -0.286. The third-order valence-electron chi connectivity index (χ3n) is 4.75. The van der Waals surface area contributed by atoms with Gasteiger partial charge in [-0.25, -0.2) is 14.4 Å². The molecule has 1 saturated heterocycles. The first kappa shape index (κ1) is 16.4. The number of benzene rings is 1. The smallest absolute Gasteiger partial charge is 0.395 e. The van der Waals surface area contributed by atoms with Gasteiger partial charge in [-0.1, -0.05) is 0 Å². The highest BCUT2D eigenvalue weighted by atomic mass is 19.3. The van der Waals surface area contributed by atoms with Crippen LogP contribution in [0, 0.1) is 0 Å². The summed E-state index contributed by atoms with van der Waals surface area (Å²) in [5, 5.41) is 4.81. The van der Waals surface area contributed by atoms with Crippen LogP contribution in [0.25, 0.3) is 16.6 Å². The predicted octanol–water partition coefficient (Wildman–Crippen LogP) is 1.77. The summed E-state index contributed by atoms with van der Waals surface area (Å²) in [6, 6.07) is 2.93. The lowest BCUT2D eigenvalue weighted by Crippen LogP contribution is -2.26. The summed E-state index contributed by atoms with van der Waals surface area (Å²) < 4.78 is 50.4. The topological polar surface area (TPSA) is 90.8 Å². The van der Waals surface area contributed by atoms with Crippen molar-refractivity contribution in [1.82, 2.24) is 24.5 Å². The number of anilines is 1. The van der Waals surface area contributed by atoms with E-state index in [1.165, 1.54) is 10.6 Å². The van der Waals surface area contributed by atoms with Gasteiger partial charge in [-0.2, -0.15) is 4.52 Å². The molecule has 8 nitrogen and oxygen atoms in total. The van der Waals surface area contributed by atoms with Crippen molar-refractivity contribution in [2.45, 2.75) is 25.3 Å². The average molecular weight is 380 g/mol. The second kappa shape index (κ2) is 5.59. The standard InChI is InChI=1S/C16H15F3N6O2/c17-8-3-5-24(7-8)6-4-11-21-14-9-1-2-10-13(27-16(18,19)26-10)12(9)22-15(20)25(14)23-11/h1-2,8H,3-7H2,(H2,20,22)/t8-/m1/s1. The minimum Gasteiger partial charge on any atom is -0.395 e. The molecule has 142 valence electrons. The number of rotatable bonds is 3. The number of hydrogen-bond acceptors (Lipinski definition) is 7. The quantitative estimate of drug-likeness (QED) is 0.740. The molecule has 2 aliphatic heterocycles. The second-order valence-corrected chi connectivity index (χ2v) is 6.63. The average Bonchev–Trinajstić information content (AvgIpc) is 3.29. The fourth-order valence-electron chi connectivity index (χ4n) is 3.49. The Hall–Kier alpha value is -2.82. The van der Waals surface area contributed by atoms with Gasteiger partial charge in [0.1, 0.15) is 11.7 Å². The van der Waals surface area contributed by atoms with Crippen molar-refractivity contribution in [3.05, 3.63) is 18.0 Å². The normalized spacial score (nSPS) is 21.5. The van der Waals surface area contributed by atoms with Crippen LogP contribution in [-0.2, 0) is 6.42 Å². The summed E-state index contributed by atoms with van der Waals surface area (Å²) in [5.74, 6) is 0.218. The fourth-order valence-corrected chi connectivity index (χ4v) is 3.49. The van der Waals surface area contributed by atoms with Crippen molar-refractivity contribution in [3.63, 3.8) is 0 Å². The van der Waals surface area contributed by atoms with E-state index in [1.54, 1.807) is 6.07 Å². The van der Waals surface area contributed by atoms with Crippen LogP contribution in [0.5, 0.6) is 11.5 Å². The number of ether oxygens (including phenoxy) is 2. The highest BCUT2D eigenvalue weighted by Gasteiger charge is 2.44. The molecule has 0 radical (unpaired) electrons. The second-order valence-electron chi connectivity index (χ2n) is 6.63. The Morgan fingerprint density at radius 1 is 1.26 bits per heavy atom. The monoisotopic (exact) mass is 380 g/mol. The summed E-state index contributed by atoms with van der Waals surface area (Å²) in [6.07, 6.45) is -3.48. The van der Waals surface area contributed by atoms with E-state index in [1.807, 2.05) is 4.90 Å². The minimum absolute atomic E-state index is 0.00605. The van der Waals surface area contributed by atoms with Gasteiger partial charge in [0.25, 0.3) is 0 Å². The molecule has 0 spiro atoms. The molecule has 11 heteroatoms. The maximum Gasteiger partial charge on any atom is 0.586 e. The number of nitrogens with zero attached hydrogens (tertiary/aromatic N) is 5. The Labute approximate surface area is 150 Å². The highest BCUT2D eigenvalue weighted by Crippen LogP contribution is 2.45. The zero-order valence-corrected chi connectivity index (χ0v) is 14.0. The number of likely N-dealkylation sites (tertiary alicyclic amines) is 1. The molecule has 0 aliphatic carbocycles. The van der Waals surface area contributed by atoms with Crippen LogP contribution in [0.4, 0.5) is 19.1 Å². The summed E-state index contributed by atoms with van der Waals surface area (Å²) >= 11 is 0. The van der Waals surface area contributed by atoms with Gasteiger partial charge in [-0.3, -0.25) is 4.90 Å². The Morgan fingerprint density at radius 3 is 2.89 bits per heavy atom. The molecule has 0 bridgehead atoms. The number of alkyl halides is 3. The number of hydrogen-bond donors (Lipinski definition) is 1. The third-order valence-corrected chi connectivity index (χ3v) is 4.75. The van der Waals surface area contributed by atoms with Crippen LogP contribution in [0.3, 0.4) is 0 Å². The van der Waals surface area contributed by atoms with Gasteiger partial charge in [0, 0.05) is 31.4 Å². The van der Waals surface area contributed by atoms with Crippen molar-refractivity contribution < 1.29 is 22.6 Å². The van der Waals surface area contributed by atoms with E-state index in [0.717, 1.165) is 0 Å². The highest BCUT2D eigenvalue weighted by molar-refractivity contribution is 5.97. The fraction of sp³-hybridized carbons (Fsp3) is 0.438. The maximum atomic E-state index is 13.4. The summed E-state index contributed by atoms with van der Waals surface area (Å²) in [4.78, 5) is 10.6. The van der Waals surface area contributed by atoms with E-state index in [-0.39, 0.29) is 23.0 Å². The van der Waals surface area contributed by atoms with Gasteiger partial charge in [0.05, 0.1) is 0 Å². The van der Waals surface area contributed by atoms with Crippen LogP contribution in [0.15, 0.2) is 12.1 Å². The molecular weight excluding hydrogens is 365 g/mol. The largest absolute Gasteiger partial charge is 0.586 e. The molecule has 1 fully saturated rings. The van der Waals surface area contributed by atoms with Crippen molar-refractivity contribution >= 4 is 22.5 Å². The van der Waals surface area contributed by atoms with E-state index in [0.29, 0.717) is 49.3 Å². The molecule has 27 heavy (non-hydrogen) atoms. The summed E-state index contributed by atoms with van der Waals surface area (Å²) in [6.45, 7) is 1.75. The van der Waals surface area contributed by atoms with E-state index >= 15 is 0 Å². The third kappa shape index (κ3) is 2.69. The summed E-state index contributed by atoms with van der Waals surface area (Å²) in [7, 11) is 0. The Bertz CT molecular complexity index is 1060. The molecule has 1 atom stereocenters. The van der Waals surface area contributed by atoms with Gasteiger partial charge < -0.3 is 15.2 Å². The van der Waals surface area contributed by atoms with Crippen LogP contribution in [0.2, 0.25) is 0 Å². The van der Waals surface area contributed by atoms with Crippen LogP contribution >= 0.6 is 0 Å². The van der Waals surface area contributed by atoms with Gasteiger partial charge in [0.2, 0.25) is 5.95 Å². The van der Waals surface area contributed by atoms with Crippen molar-refractivity contribution in [2.75, 3.05) is 25.4 Å². The first-order valence-corrected chi connectivity index (χ1v) is 8.50. The van der Waals surface area contributed by atoms with Crippen LogP contribution < -0.4 is 15.2 Å². The Balaban J connectivity index is 1.53. The molecule has 1 aromatic carbocycles.